The van der Waals surface area contributed by atoms with Crippen molar-refractivity contribution in [1.82, 2.24) is 4.73 Å². The number of pyridine rings is 1. The average Bonchev–Trinajstić information content (AvgIpc) is 3.20. The zero-order chi connectivity index (χ0) is 29.6. The van der Waals surface area contributed by atoms with Gasteiger partial charge >= 0.3 is 11.9 Å². The highest BCUT2D eigenvalue weighted by Crippen LogP contribution is 2.65. The normalized spacial score (nSPS) is 24.2. The van der Waals surface area contributed by atoms with Gasteiger partial charge in [-0.2, -0.15) is 4.73 Å². The van der Waals surface area contributed by atoms with E-state index in [0.717, 1.165) is 18.2 Å². The van der Waals surface area contributed by atoms with Gasteiger partial charge in [-0.15, -0.1) is 0 Å². The van der Waals surface area contributed by atoms with Gasteiger partial charge < -0.3 is 19.8 Å². The number of esters is 2. The minimum Gasteiger partial charge on any atom is -0.506 e. The van der Waals surface area contributed by atoms with Crippen molar-refractivity contribution in [2.75, 3.05) is 0 Å². The van der Waals surface area contributed by atoms with Crippen LogP contribution in [0.25, 0.3) is 11.1 Å². The van der Waals surface area contributed by atoms with Gasteiger partial charge in [0, 0.05) is 11.0 Å². The van der Waals surface area contributed by atoms with E-state index in [0.29, 0.717) is 24.3 Å². The summed E-state index contributed by atoms with van der Waals surface area (Å²) in [5.74, 6) is -1.93. The van der Waals surface area contributed by atoms with Crippen LogP contribution in [-0.4, -0.2) is 38.4 Å². The lowest BCUT2D eigenvalue weighted by molar-refractivity contribution is -0.176. The standard InChI is InChI=1S/C31H35NO8/c1-7-18(2)16-19(3)8-13-23(33)24-25(34)22(17-32(38)26(24)35)20-9-11-21(12-10-20)39-28(37)31-15-14-30(6,27(36)40-31)29(31,4)5/h8-13,16-18,34,38H,7,14-15H2,1-6H3/b13-8+,19-16+/t18-,30+,31-/m1/s1. The Balaban J connectivity index is 1.59. The Labute approximate surface area is 232 Å². The number of rotatable bonds is 8. The predicted octanol–water partition coefficient (Wildman–Crippen LogP) is 5.22. The van der Waals surface area contributed by atoms with Crippen LogP contribution in [0.15, 0.2) is 59.1 Å². The molecule has 2 bridgehead atoms. The van der Waals surface area contributed by atoms with Crippen LogP contribution < -0.4 is 10.3 Å². The third kappa shape index (κ3) is 4.43. The summed E-state index contributed by atoms with van der Waals surface area (Å²) in [5.41, 5.74) is -3.33. The van der Waals surface area contributed by atoms with E-state index in [1.165, 1.54) is 30.3 Å². The first kappa shape index (κ1) is 28.9. The molecule has 1 saturated carbocycles. The molecule has 4 rings (SSSR count). The zero-order valence-corrected chi connectivity index (χ0v) is 23.6. The molecule has 9 heteroatoms. The topological polar surface area (TPSA) is 132 Å². The number of ether oxygens (including phenoxy) is 2. The molecule has 2 fully saturated rings. The molecule has 1 aromatic heterocycles. The van der Waals surface area contributed by atoms with E-state index in [4.69, 9.17) is 9.47 Å². The van der Waals surface area contributed by atoms with Crippen molar-refractivity contribution in [3.8, 4) is 22.6 Å². The maximum Gasteiger partial charge on any atom is 0.356 e. The second-order valence-corrected chi connectivity index (χ2v) is 11.5. The molecule has 3 atom stereocenters. The number of hydrogen-bond donors (Lipinski definition) is 2. The van der Waals surface area contributed by atoms with Crippen LogP contribution in [0.3, 0.4) is 0 Å². The van der Waals surface area contributed by atoms with Crippen molar-refractivity contribution in [2.45, 2.75) is 66.4 Å². The number of aromatic nitrogens is 1. The molecule has 40 heavy (non-hydrogen) atoms. The Hall–Kier alpha value is -4.14. The van der Waals surface area contributed by atoms with Gasteiger partial charge in [0.05, 0.1) is 11.6 Å². The minimum absolute atomic E-state index is 0.0274. The Kier molecular flexibility index (Phi) is 7.30. The van der Waals surface area contributed by atoms with E-state index in [9.17, 15) is 29.5 Å². The van der Waals surface area contributed by atoms with Gasteiger partial charge in [0.2, 0.25) is 5.60 Å². The van der Waals surface area contributed by atoms with Gasteiger partial charge in [-0.3, -0.25) is 14.4 Å². The minimum atomic E-state index is -1.38. The molecule has 2 aromatic rings. The lowest BCUT2D eigenvalue weighted by Crippen LogP contribution is -2.50. The Bertz CT molecular complexity index is 1500. The molecule has 2 heterocycles. The number of ketones is 1. The summed E-state index contributed by atoms with van der Waals surface area (Å²) >= 11 is 0. The molecule has 2 N–H and O–H groups in total. The van der Waals surface area contributed by atoms with Gasteiger partial charge in [0.15, 0.2) is 5.78 Å². The number of nitrogens with zero attached hydrogens (tertiary/aromatic N) is 1. The highest BCUT2D eigenvalue weighted by molar-refractivity contribution is 6.07. The molecular weight excluding hydrogens is 514 g/mol. The van der Waals surface area contributed by atoms with E-state index in [1.807, 2.05) is 40.7 Å². The Morgan fingerprint density at radius 1 is 1.12 bits per heavy atom. The van der Waals surface area contributed by atoms with E-state index in [2.05, 4.69) is 0 Å². The number of aromatic hydroxyl groups is 1. The molecule has 0 unspecified atom stereocenters. The highest BCUT2D eigenvalue weighted by Gasteiger charge is 2.76. The van der Waals surface area contributed by atoms with Crippen LogP contribution >= 0.6 is 0 Å². The summed E-state index contributed by atoms with van der Waals surface area (Å²) in [5, 5.41) is 21.1. The molecule has 1 aliphatic heterocycles. The fraction of sp³-hybridized carbons (Fsp3) is 0.419. The van der Waals surface area contributed by atoms with Gasteiger partial charge in [0.25, 0.3) is 5.56 Å². The number of allylic oxidation sites excluding steroid dienone is 4. The van der Waals surface area contributed by atoms with Crippen LogP contribution in [0.1, 0.15) is 71.2 Å². The third-order valence-electron chi connectivity index (χ3n) is 8.89. The molecule has 0 spiro atoms. The predicted molar refractivity (Wildman–Crippen MR) is 147 cm³/mol. The SMILES string of the molecule is CC[C@@H](C)/C=C(C)/C=C/C(=O)c1c(O)c(-c2ccc(OC(=O)[C@@]34CC[C@@](C)(C(=O)O3)C4(C)C)cc2)cn(O)c1=O. The first-order chi connectivity index (χ1) is 18.7. The molecule has 2 aliphatic rings. The summed E-state index contributed by atoms with van der Waals surface area (Å²) in [6.07, 6.45) is 7.55. The first-order valence-electron chi connectivity index (χ1n) is 13.3. The van der Waals surface area contributed by atoms with Crippen molar-refractivity contribution in [1.29, 1.82) is 0 Å². The third-order valence-corrected chi connectivity index (χ3v) is 8.89. The number of carbonyl (C=O) groups excluding carboxylic acids is 3. The van der Waals surface area contributed by atoms with Gasteiger partial charge in [-0.25, -0.2) is 4.79 Å². The van der Waals surface area contributed by atoms with Crippen molar-refractivity contribution >= 4 is 17.7 Å². The summed E-state index contributed by atoms with van der Waals surface area (Å²) in [6, 6.07) is 5.96. The van der Waals surface area contributed by atoms with Gasteiger partial charge in [-0.1, -0.05) is 64.0 Å². The van der Waals surface area contributed by atoms with Gasteiger partial charge in [0.1, 0.15) is 17.1 Å². The highest BCUT2D eigenvalue weighted by atomic mass is 16.6. The molecule has 1 saturated heterocycles. The Morgan fingerprint density at radius 3 is 2.33 bits per heavy atom. The maximum absolute atomic E-state index is 13.2. The number of fused-ring (bicyclic) bond motifs is 2. The summed E-state index contributed by atoms with van der Waals surface area (Å²) in [4.78, 5) is 51.1. The summed E-state index contributed by atoms with van der Waals surface area (Å²) < 4.78 is 11.4. The van der Waals surface area contributed by atoms with E-state index < -0.39 is 51.0 Å². The van der Waals surface area contributed by atoms with Crippen molar-refractivity contribution in [3.63, 3.8) is 0 Å². The van der Waals surface area contributed by atoms with Crippen LogP contribution in [0, 0.1) is 16.7 Å². The van der Waals surface area contributed by atoms with E-state index in [-0.39, 0.29) is 16.0 Å². The summed E-state index contributed by atoms with van der Waals surface area (Å²) in [7, 11) is 0. The van der Waals surface area contributed by atoms with Crippen LogP contribution in [0.2, 0.25) is 0 Å². The summed E-state index contributed by atoms with van der Waals surface area (Å²) in [6.45, 7) is 11.4. The van der Waals surface area contributed by atoms with Crippen molar-refractivity contribution in [3.05, 3.63) is 70.2 Å². The Morgan fingerprint density at radius 2 is 1.77 bits per heavy atom. The number of benzene rings is 1. The monoisotopic (exact) mass is 549 g/mol. The maximum atomic E-state index is 13.2. The van der Waals surface area contributed by atoms with Crippen molar-refractivity contribution in [2.24, 2.45) is 16.7 Å². The molecular formula is C31H35NO8. The zero-order valence-electron chi connectivity index (χ0n) is 23.6. The molecule has 1 aliphatic carbocycles. The molecule has 0 amide bonds. The number of hydrogen-bond acceptors (Lipinski definition) is 8. The first-order valence-corrected chi connectivity index (χ1v) is 13.3. The van der Waals surface area contributed by atoms with E-state index >= 15 is 0 Å². The lowest BCUT2D eigenvalue weighted by Gasteiger charge is -2.34. The van der Waals surface area contributed by atoms with Crippen molar-refractivity contribution < 1.29 is 34.2 Å². The number of carbonyl (C=O) groups is 3. The molecule has 0 radical (unpaired) electrons. The van der Waals surface area contributed by atoms with E-state index in [1.54, 1.807) is 13.0 Å². The van der Waals surface area contributed by atoms with Gasteiger partial charge in [-0.05, 0) is 56.4 Å². The molecule has 1 aromatic carbocycles. The smallest absolute Gasteiger partial charge is 0.356 e. The molecule has 212 valence electrons. The molecule has 9 nitrogen and oxygen atoms in total. The fourth-order valence-corrected chi connectivity index (χ4v) is 5.53. The van der Waals surface area contributed by atoms with Crippen LogP contribution in [0.5, 0.6) is 11.5 Å². The van der Waals surface area contributed by atoms with Crippen LogP contribution in [0.4, 0.5) is 0 Å². The second-order valence-electron chi connectivity index (χ2n) is 11.5. The quantitative estimate of drug-likeness (QED) is 0.114. The lowest BCUT2D eigenvalue weighted by atomic mass is 9.66. The fourth-order valence-electron chi connectivity index (χ4n) is 5.53. The van der Waals surface area contributed by atoms with Crippen LogP contribution in [-0.2, 0) is 14.3 Å². The largest absolute Gasteiger partial charge is 0.506 e. The average molecular weight is 550 g/mol. The second kappa shape index (κ2) is 10.1.